The second-order valence-electron chi connectivity index (χ2n) is 5.79. The number of halogens is 1. The number of aliphatic carboxylic acids is 1. The molecule has 2 aromatic carbocycles. The van der Waals surface area contributed by atoms with Gasteiger partial charge in [0, 0.05) is 23.2 Å². The predicted molar refractivity (Wildman–Crippen MR) is 96.7 cm³/mol. The summed E-state index contributed by atoms with van der Waals surface area (Å²) in [6.07, 6.45) is 2.02. The molecule has 1 aromatic heterocycles. The number of rotatable bonds is 6. The van der Waals surface area contributed by atoms with E-state index >= 15 is 0 Å². The molecule has 0 aliphatic rings. The van der Waals surface area contributed by atoms with Gasteiger partial charge in [-0.1, -0.05) is 48.0 Å². The summed E-state index contributed by atoms with van der Waals surface area (Å²) in [6, 6.07) is 15.6. The van der Waals surface area contributed by atoms with Crippen LogP contribution in [-0.4, -0.2) is 27.6 Å². The Hall–Kier alpha value is -2.79. The van der Waals surface area contributed by atoms with Gasteiger partial charge in [0.2, 0.25) is 5.91 Å². The van der Waals surface area contributed by atoms with Crippen molar-refractivity contribution in [1.29, 1.82) is 0 Å². The van der Waals surface area contributed by atoms with Crippen molar-refractivity contribution in [2.45, 2.75) is 19.0 Å². The van der Waals surface area contributed by atoms with E-state index in [1.165, 1.54) is 0 Å². The van der Waals surface area contributed by atoms with E-state index in [0.717, 1.165) is 16.5 Å². The van der Waals surface area contributed by atoms with E-state index in [0.29, 0.717) is 5.02 Å². The number of benzene rings is 2. The summed E-state index contributed by atoms with van der Waals surface area (Å²) in [6.45, 7) is 0.0302. The Morgan fingerprint density at radius 1 is 1.12 bits per heavy atom. The highest BCUT2D eigenvalue weighted by Gasteiger charge is 2.20. The standard InChI is InChI=1S/C19H17ClN2O3/c20-15-7-6-14-8-9-22(17(14)11-15)12-18(23)21-16(19(24)25)10-13-4-2-1-3-5-13/h1-9,11,16H,10,12H2,(H,21,23)(H,24,25). The summed E-state index contributed by atoms with van der Waals surface area (Å²) in [7, 11) is 0. The van der Waals surface area contributed by atoms with Crippen LogP contribution in [0, 0.1) is 0 Å². The molecule has 1 unspecified atom stereocenters. The SMILES string of the molecule is O=C(Cn1ccc2ccc(Cl)cc21)NC(Cc1ccccc1)C(=O)O. The zero-order valence-electron chi connectivity index (χ0n) is 13.4. The Morgan fingerprint density at radius 2 is 1.88 bits per heavy atom. The van der Waals surface area contributed by atoms with Crippen LogP contribution in [0.4, 0.5) is 0 Å². The minimum absolute atomic E-state index is 0.0302. The average molecular weight is 357 g/mol. The van der Waals surface area contributed by atoms with Crippen molar-refractivity contribution in [2.75, 3.05) is 0 Å². The summed E-state index contributed by atoms with van der Waals surface area (Å²) < 4.78 is 1.75. The number of aromatic nitrogens is 1. The molecule has 3 aromatic rings. The molecule has 0 bridgehead atoms. The zero-order valence-corrected chi connectivity index (χ0v) is 14.1. The number of carboxylic acids is 1. The van der Waals surface area contributed by atoms with Gasteiger partial charge < -0.3 is 15.0 Å². The number of hydrogen-bond donors (Lipinski definition) is 2. The molecular formula is C19H17ClN2O3. The third-order valence-corrected chi connectivity index (χ3v) is 4.20. The van der Waals surface area contributed by atoms with Crippen molar-refractivity contribution in [3.8, 4) is 0 Å². The molecule has 0 fully saturated rings. The van der Waals surface area contributed by atoms with E-state index in [1.54, 1.807) is 22.9 Å². The van der Waals surface area contributed by atoms with Crippen LogP contribution in [0.1, 0.15) is 5.56 Å². The summed E-state index contributed by atoms with van der Waals surface area (Å²) in [5, 5.41) is 13.5. The van der Waals surface area contributed by atoms with Gasteiger partial charge in [0.15, 0.2) is 0 Å². The van der Waals surface area contributed by atoms with E-state index < -0.39 is 12.0 Å². The van der Waals surface area contributed by atoms with Gasteiger partial charge in [0.05, 0.1) is 0 Å². The highest BCUT2D eigenvalue weighted by atomic mass is 35.5. The molecule has 5 nitrogen and oxygen atoms in total. The van der Waals surface area contributed by atoms with Crippen LogP contribution in [0.2, 0.25) is 5.02 Å². The molecule has 0 aliphatic carbocycles. The highest BCUT2D eigenvalue weighted by Crippen LogP contribution is 2.20. The Kier molecular flexibility index (Phi) is 5.05. The Bertz CT molecular complexity index is 905. The van der Waals surface area contributed by atoms with Crippen molar-refractivity contribution in [2.24, 2.45) is 0 Å². The van der Waals surface area contributed by atoms with Gasteiger partial charge in [-0.05, 0) is 29.1 Å². The largest absolute Gasteiger partial charge is 0.480 e. The number of hydrogen-bond acceptors (Lipinski definition) is 2. The Labute approximate surface area is 149 Å². The minimum Gasteiger partial charge on any atom is -0.480 e. The van der Waals surface area contributed by atoms with Gasteiger partial charge in [0.1, 0.15) is 12.6 Å². The summed E-state index contributed by atoms with van der Waals surface area (Å²) in [4.78, 5) is 23.8. The molecule has 3 rings (SSSR count). The van der Waals surface area contributed by atoms with Crippen molar-refractivity contribution < 1.29 is 14.7 Å². The second kappa shape index (κ2) is 7.40. The van der Waals surface area contributed by atoms with Gasteiger partial charge in [-0.2, -0.15) is 0 Å². The number of carbonyl (C=O) groups excluding carboxylic acids is 1. The van der Waals surface area contributed by atoms with Crippen molar-refractivity contribution in [3.63, 3.8) is 0 Å². The third-order valence-electron chi connectivity index (χ3n) is 3.97. The van der Waals surface area contributed by atoms with Crippen LogP contribution in [0.15, 0.2) is 60.8 Å². The Morgan fingerprint density at radius 3 is 2.60 bits per heavy atom. The number of carbonyl (C=O) groups is 2. The number of fused-ring (bicyclic) bond motifs is 1. The van der Waals surface area contributed by atoms with E-state index in [2.05, 4.69) is 5.32 Å². The molecule has 1 heterocycles. The molecule has 0 saturated heterocycles. The van der Waals surface area contributed by atoms with Crippen LogP contribution < -0.4 is 5.32 Å². The van der Waals surface area contributed by atoms with Crippen molar-refractivity contribution in [1.82, 2.24) is 9.88 Å². The summed E-state index contributed by atoms with van der Waals surface area (Å²) in [5.41, 5.74) is 1.69. The molecule has 0 aliphatic heterocycles. The van der Waals surface area contributed by atoms with Gasteiger partial charge in [-0.25, -0.2) is 4.79 Å². The monoisotopic (exact) mass is 356 g/mol. The molecule has 1 amide bonds. The van der Waals surface area contributed by atoms with Crippen LogP contribution in [0.5, 0.6) is 0 Å². The topological polar surface area (TPSA) is 71.3 Å². The maximum absolute atomic E-state index is 12.3. The lowest BCUT2D eigenvalue weighted by atomic mass is 10.1. The molecule has 0 spiro atoms. The van der Waals surface area contributed by atoms with E-state index in [1.807, 2.05) is 42.5 Å². The lowest BCUT2D eigenvalue weighted by Crippen LogP contribution is -2.43. The first kappa shape index (κ1) is 17.0. The minimum atomic E-state index is -1.06. The van der Waals surface area contributed by atoms with Crippen molar-refractivity contribution >= 4 is 34.4 Å². The first-order valence-electron chi connectivity index (χ1n) is 7.83. The predicted octanol–water partition coefficient (Wildman–Crippen LogP) is 3.11. The maximum Gasteiger partial charge on any atom is 0.326 e. The highest BCUT2D eigenvalue weighted by molar-refractivity contribution is 6.31. The van der Waals surface area contributed by atoms with Crippen molar-refractivity contribution in [3.05, 3.63) is 71.4 Å². The zero-order chi connectivity index (χ0) is 17.8. The summed E-state index contributed by atoms with van der Waals surface area (Å²) >= 11 is 6.01. The average Bonchev–Trinajstić information content (AvgIpc) is 2.97. The molecule has 0 radical (unpaired) electrons. The third kappa shape index (κ3) is 4.19. The first-order valence-corrected chi connectivity index (χ1v) is 8.21. The maximum atomic E-state index is 12.3. The Balaban J connectivity index is 1.71. The van der Waals surface area contributed by atoms with Crippen LogP contribution in [0.25, 0.3) is 10.9 Å². The molecular weight excluding hydrogens is 340 g/mol. The molecule has 128 valence electrons. The summed E-state index contributed by atoms with van der Waals surface area (Å²) in [5.74, 6) is -1.42. The molecule has 6 heteroatoms. The fraction of sp³-hybridized carbons (Fsp3) is 0.158. The lowest BCUT2D eigenvalue weighted by Gasteiger charge is -2.15. The lowest BCUT2D eigenvalue weighted by molar-refractivity contribution is -0.141. The molecule has 1 atom stereocenters. The number of amides is 1. The van der Waals surface area contributed by atoms with E-state index in [9.17, 15) is 14.7 Å². The van der Waals surface area contributed by atoms with Crippen LogP contribution in [-0.2, 0) is 22.6 Å². The molecule has 0 saturated carbocycles. The second-order valence-corrected chi connectivity index (χ2v) is 6.23. The number of nitrogens with zero attached hydrogens (tertiary/aromatic N) is 1. The van der Waals surface area contributed by atoms with Crippen LogP contribution >= 0.6 is 11.6 Å². The number of nitrogens with one attached hydrogen (secondary N) is 1. The van der Waals surface area contributed by atoms with Gasteiger partial charge in [-0.3, -0.25) is 4.79 Å². The molecule has 25 heavy (non-hydrogen) atoms. The van der Waals surface area contributed by atoms with Crippen LogP contribution in [0.3, 0.4) is 0 Å². The van der Waals surface area contributed by atoms with E-state index in [4.69, 9.17) is 11.6 Å². The number of carboxylic acid groups (broad SMARTS) is 1. The fourth-order valence-corrected chi connectivity index (χ4v) is 2.91. The smallest absolute Gasteiger partial charge is 0.326 e. The van der Waals surface area contributed by atoms with Gasteiger partial charge in [0.25, 0.3) is 0 Å². The first-order chi connectivity index (χ1) is 12.0. The van der Waals surface area contributed by atoms with Gasteiger partial charge in [-0.15, -0.1) is 0 Å². The fourth-order valence-electron chi connectivity index (χ4n) is 2.74. The normalized spacial score (nSPS) is 12.0. The molecule has 2 N–H and O–H groups in total. The van der Waals surface area contributed by atoms with Gasteiger partial charge >= 0.3 is 5.97 Å². The van der Waals surface area contributed by atoms with E-state index in [-0.39, 0.29) is 18.9 Å². The quantitative estimate of drug-likeness (QED) is 0.713.